The number of carbonyl (C=O) groups is 1. The van der Waals surface area contributed by atoms with Crippen molar-refractivity contribution in [1.29, 1.82) is 0 Å². The predicted octanol–water partition coefficient (Wildman–Crippen LogP) is 3.39. The first-order valence-corrected chi connectivity index (χ1v) is 7.18. The highest BCUT2D eigenvalue weighted by atomic mass is 16.5. The number of benzene rings is 2. The van der Waals surface area contributed by atoms with Gasteiger partial charge in [-0.15, -0.1) is 0 Å². The van der Waals surface area contributed by atoms with Gasteiger partial charge >= 0.3 is 0 Å². The summed E-state index contributed by atoms with van der Waals surface area (Å²) >= 11 is 0. The molecule has 2 aromatic carbocycles. The molecule has 3 heteroatoms. The molecule has 0 amide bonds. The molecule has 0 N–H and O–H groups in total. The maximum Gasteiger partial charge on any atom is 0.143 e. The Labute approximate surface area is 131 Å². The van der Waals surface area contributed by atoms with Crippen LogP contribution in [0.3, 0.4) is 0 Å². The highest BCUT2D eigenvalue weighted by Crippen LogP contribution is 2.25. The van der Waals surface area contributed by atoms with E-state index in [1.807, 2.05) is 50.5 Å². The van der Waals surface area contributed by atoms with Crippen molar-refractivity contribution < 1.29 is 9.53 Å². The lowest BCUT2D eigenvalue weighted by Crippen LogP contribution is -2.10. The highest BCUT2D eigenvalue weighted by Gasteiger charge is 2.07. The van der Waals surface area contributed by atoms with Crippen LogP contribution in [0.5, 0.6) is 5.75 Å². The normalized spacial score (nSPS) is 11.5. The van der Waals surface area contributed by atoms with Crippen LogP contribution < -0.4 is 4.74 Å². The molecule has 0 saturated carbocycles. The monoisotopic (exact) mass is 295 g/mol. The molecule has 0 fully saturated rings. The van der Waals surface area contributed by atoms with Gasteiger partial charge in [0, 0.05) is 6.54 Å². The SMILES string of the molecule is COc1ccc(C(=CC=O)c2cccc(CN(C)C)c2)cc1. The minimum absolute atomic E-state index is 0.801. The number of ether oxygens (including phenoxy) is 1. The molecule has 22 heavy (non-hydrogen) atoms. The van der Waals surface area contributed by atoms with Gasteiger partial charge in [-0.3, -0.25) is 4.79 Å². The Balaban J connectivity index is 2.39. The Kier molecular flexibility index (Phi) is 5.50. The molecule has 2 rings (SSSR count). The first-order valence-electron chi connectivity index (χ1n) is 7.18. The number of hydrogen-bond donors (Lipinski definition) is 0. The van der Waals surface area contributed by atoms with Gasteiger partial charge in [-0.25, -0.2) is 0 Å². The first-order chi connectivity index (χ1) is 10.6. The summed E-state index contributed by atoms with van der Waals surface area (Å²) in [7, 11) is 5.72. The van der Waals surface area contributed by atoms with E-state index in [0.29, 0.717) is 0 Å². The number of carbonyl (C=O) groups excluding carboxylic acids is 1. The second-order valence-corrected chi connectivity index (χ2v) is 5.38. The Morgan fingerprint density at radius 1 is 1.09 bits per heavy atom. The molecule has 0 aliphatic heterocycles. The van der Waals surface area contributed by atoms with E-state index in [0.717, 1.165) is 35.3 Å². The van der Waals surface area contributed by atoms with Gasteiger partial charge in [0.15, 0.2) is 0 Å². The quantitative estimate of drug-likeness (QED) is 0.604. The van der Waals surface area contributed by atoms with E-state index in [4.69, 9.17) is 4.74 Å². The zero-order valence-corrected chi connectivity index (χ0v) is 13.2. The van der Waals surface area contributed by atoms with Crippen LogP contribution in [0.15, 0.2) is 54.6 Å². The summed E-state index contributed by atoms with van der Waals surface area (Å²) in [6.07, 6.45) is 2.44. The van der Waals surface area contributed by atoms with E-state index in [9.17, 15) is 4.79 Å². The van der Waals surface area contributed by atoms with Crippen LogP contribution in [-0.2, 0) is 11.3 Å². The van der Waals surface area contributed by atoms with E-state index in [2.05, 4.69) is 17.0 Å². The lowest BCUT2D eigenvalue weighted by Gasteiger charge is -2.13. The first kappa shape index (κ1) is 16.0. The molecule has 0 atom stereocenters. The molecule has 0 unspecified atom stereocenters. The molecular weight excluding hydrogens is 274 g/mol. The van der Waals surface area contributed by atoms with Crippen molar-refractivity contribution in [1.82, 2.24) is 4.90 Å². The predicted molar refractivity (Wildman–Crippen MR) is 90.0 cm³/mol. The van der Waals surface area contributed by atoms with Crippen LogP contribution in [-0.4, -0.2) is 32.4 Å². The van der Waals surface area contributed by atoms with Gasteiger partial charge in [-0.1, -0.05) is 30.3 Å². The highest BCUT2D eigenvalue weighted by molar-refractivity contribution is 5.89. The molecule has 0 heterocycles. The van der Waals surface area contributed by atoms with E-state index in [-0.39, 0.29) is 0 Å². The minimum Gasteiger partial charge on any atom is -0.497 e. The Morgan fingerprint density at radius 3 is 2.41 bits per heavy atom. The zero-order chi connectivity index (χ0) is 15.9. The summed E-state index contributed by atoms with van der Waals surface area (Å²) in [5.41, 5.74) is 4.16. The molecular formula is C19H21NO2. The van der Waals surface area contributed by atoms with Gasteiger partial charge in [0.2, 0.25) is 0 Å². The summed E-state index contributed by atoms with van der Waals surface area (Å²) in [6, 6.07) is 16.0. The largest absolute Gasteiger partial charge is 0.497 e. The van der Waals surface area contributed by atoms with Crippen molar-refractivity contribution in [2.24, 2.45) is 0 Å². The lowest BCUT2D eigenvalue weighted by atomic mass is 9.96. The molecule has 0 aliphatic rings. The summed E-state index contributed by atoms with van der Waals surface area (Å²) < 4.78 is 5.18. The molecule has 0 radical (unpaired) electrons. The molecule has 2 aromatic rings. The summed E-state index contributed by atoms with van der Waals surface area (Å²) in [5.74, 6) is 0.801. The lowest BCUT2D eigenvalue weighted by molar-refractivity contribution is -0.104. The average molecular weight is 295 g/mol. The summed E-state index contributed by atoms with van der Waals surface area (Å²) in [4.78, 5) is 13.2. The van der Waals surface area contributed by atoms with Gasteiger partial charge in [-0.05, 0) is 60.6 Å². The second kappa shape index (κ2) is 7.57. The third-order valence-corrected chi connectivity index (χ3v) is 3.37. The van der Waals surface area contributed by atoms with Gasteiger partial charge in [0.05, 0.1) is 7.11 Å². The fraction of sp³-hybridized carbons (Fsp3) is 0.211. The maximum atomic E-state index is 11.0. The number of methoxy groups -OCH3 is 1. The summed E-state index contributed by atoms with van der Waals surface area (Å²) in [5, 5.41) is 0. The van der Waals surface area contributed by atoms with Gasteiger partial charge in [0.25, 0.3) is 0 Å². The Morgan fingerprint density at radius 2 is 1.82 bits per heavy atom. The third kappa shape index (κ3) is 4.06. The molecule has 0 bridgehead atoms. The average Bonchev–Trinajstić information content (AvgIpc) is 2.52. The van der Waals surface area contributed by atoms with Crippen molar-refractivity contribution in [3.8, 4) is 5.75 Å². The smallest absolute Gasteiger partial charge is 0.143 e. The Hall–Kier alpha value is -2.39. The molecule has 114 valence electrons. The second-order valence-electron chi connectivity index (χ2n) is 5.38. The van der Waals surface area contributed by atoms with Gasteiger partial charge < -0.3 is 9.64 Å². The van der Waals surface area contributed by atoms with Crippen LogP contribution in [0, 0.1) is 0 Å². The van der Waals surface area contributed by atoms with Crippen LogP contribution in [0.1, 0.15) is 16.7 Å². The zero-order valence-electron chi connectivity index (χ0n) is 13.2. The van der Waals surface area contributed by atoms with Crippen LogP contribution in [0.25, 0.3) is 5.57 Å². The van der Waals surface area contributed by atoms with E-state index in [1.165, 1.54) is 5.56 Å². The molecule has 3 nitrogen and oxygen atoms in total. The molecule has 0 aliphatic carbocycles. The van der Waals surface area contributed by atoms with E-state index in [1.54, 1.807) is 13.2 Å². The van der Waals surface area contributed by atoms with Crippen molar-refractivity contribution in [3.63, 3.8) is 0 Å². The number of rotatable bonds is 6. The Bertz CT molecular complexity index is 657. The van der Waals surface area contributed by atoms with E-state index >= 15 is 0 Å². The number of aldehydes is 1. The fourth-order valence-electron chi connectivity index (χ4n) is 2.40. The molecule has 0 spiro atoms. The number of allylic oxidation sites excluding steroid dienone is 1. The van der Waals surface area contributed by atoms with Gasteiger partial charge in [-0.2, -0.15) is 0 Å². The molecule has 0 aromatic heterocycles. The van der Waals surface area contributed by atoms with Crippen LogP contribution in [0.2, 0.25) is 0 Å². The topological polar surface area (TPSA) is 29.5 Å². The number of hydrogen-bond acceptors (Lipinski definition) is 3. The van der Waals surface area contributed by atoms with Crippen molar-refractivity contribution in [2.45, 2.75) is 6.54 Å². The van der Waals surface area contributed by atoms with Gasteiger partial charge in [0.1, 0.15) is 12.0 Å². The summed E-state index contributed by atoms with van der Waals surface area (Å²) in [6.45, 7) is 0.866. The van der Waals surface area contributed by atoms with Crippen molar-refractivity contribution >= 4 is 11.9 Å². The third-order valence-electron chi connectivity index (χ3n) is 3.37. The van der Waals surface area contributed by atoms with E-state index < -0.39 is 0 Å². The standard InChI is InChI=1S/C19H21NO2/c1-20(2)14-15-5-4-6-17(13-15)19(11-12-21)16-7-9-18(22-3)10-8-16/h4-13H,14H2,1-3H3. The molecule has 0 saturated heterocycles. The minimum atomic E-state index is 0.801. The maximum absolute atomic E-state index is 11.0. The fourth-order valence-corrected chi connectivity index (χ4v) is 2.40. The van der Waals surface area contributed by atoms with Crippen LogP contribution in [0.4, 0.5) is 0 Å². The van der Waals surface area contributed by atoms with Crippen molar-refractivity contribution in [2.75, 3.05) is 21.2 Å². The number of nitrogens with zero attached hydrogens (tertiary/aromatic N) is 1. The van der Waals surface area contributed by atoms with Crippen LogP contribution >= 0.6 is 0 Å². The van der Waals surface area contributed by atoms with Crippen molar-refractivity contribution in [3.05, 3.63) is 71.3 Å².